The second kappa shape index (κ2) is 8.99. The van der Waals surface area contributed by atoms with E-state index < -0.39 is 0 Å². The summed E-state index contributed by atoms with van der Waals surface area (Å²) in [7, 11) is 3.16. The number of nitrogens with zero attached hydrogens (tertiary/aromatic N) is 4. The van der Waals surface area contributed by atoms with E-state index in [0.717, 1.165) is 11.1 Å². The van der Waals surface area contributed by atoms with Crippen LogP contribution >= 0.6 is 0 Å². The molecular formula is C26H18N4O2. The molecule has 0 atom stereocenters. The average Bonchev–Trinajstić information content (AvgIpc) is 2.87. The standard InChI is InChI=1S/C26H18N4O2/c1-31-23-9-5-3-7-21(23)25-17(13-27)11-19(15-29-25)20-12-18(14-28)26(30-16-20)22-8-4-6-10-24(22)32-2/h3-12,15-16H,1-2H3. The Hall–Kier alpha value is -4.68. The number of pyridine rings is 2. The molecule has 154 valence electrons. The number of benzene rings is 2. The van der Waals surface area contributed by atoms with E-state index in [2.05, 4.69) is 22.1 Å². The van der Waals surface area contributed by atoms with E-state index in [-0.39, 0.29) is 0 Å². The molecule has 6 nitrogen and oxygen atoms in total. The lowest BCUT2D eigenvalue weighted by molar-refractivity contribution is 0.416. The Morgan fingerprint density at radius 3 is 1.44 bits per heavy atom. The molecular weight excluding hydrogens is 400 g/mol. The van der Waals surface area contributed by atoms with Gasteiger partial charge in [0.15, 0.2) is 0 Å². The van der Waals surface area contributed by atoms with Crippen molar-refractivity contribution in [3.63, 3.8) is 0 Å². The van der Waals surface area contributed by atoms with Crippen LogP contribution in [0, 0.1) is 22.7 Å². The first-order valence-electron chi connectivity index (χ1n) is 9.77. The quantitative estimate of drug-likeness (QED) is 0.440. The largest absolute Gasteiger partial charge is 0.496 e. The molecule has 0 saturated carbocycles. The van der Waals surface area contributed by atoms with Gasteiger partial charge in [-0.2, -0.15) is 10.5 Å². The van der Waals surface area contributed by atoms with Crippen LogP contribution in [0.25, 0.3) is 33.6 Å². The maximum Gasteiger partial charge on any atom is 0.128 e. The van der Waals surface area contributed by atoms with Crippen molar-refractivity contribution < 1.29 is 9.47 Å². The number of nitriles is 2. The molecule has 0 spiro atoms. The Bertz CT molecular complexity index is 1280. The van der Waals surface area contributed by atoms with Gasteiger partial charge in [-0.05, 0) is 36.4 Å². The van der Waals surface area contributed by atoms with Gasteiger partial charge in [-0.1, -0.05) is 24.3 Å². The van der Waals surface area contributed by atoms with E-state index in [1.807, 2.05) is 48.5 Å². The van der Waals surface area contributed by atoms with E-state index in [9.17, 15) is 10.5 Å². The fraction of sp³-hybridized carbons (Fsp3) is 0.0769. The lowest BCUT2D eigenvalue weighted by Crippen LogP contribution is -1.96. The molecule has 0 unspecified atom stereocenters. The molecule has 0 saturated heterocycles. The summed E-state index contributed by atoms with van der Waals surface area (Å²) < 4.78 is 10.8. The minimum absolute atomic E-state index is 0.402. The molecule has 6 heteroatoms. The number of ether oxygens (including phenoxy) is 2. The second-order valence-electron chi connectivity index (χ2n) is 6.86. The van der Waals surface area contributed by atoms with Gasteiger partial charge in [-0.15, -0.1) is 0 Å². The molecule has 0 amide bonds. The van der Waals surface area contributed by atoms with Gasteiger partial charge in [-0.25, -0.2) is 0 Å². The van der Waals surface area contributed by atoms with Gasteiger partial charge in [0.05, 0.1) is 36.7 Å². The third-order valence-corrected chi connectivity index (χ3v) is 5.07. The van der Waals surface area contributed by atoms with Crippen LogP contribution in [-0.4, -0.2) is 24.2 Å². The smallest absolute Gasteiger partial charge is 0.128 e. The van der Waals surface area contributed by atoms with Crippen LogP contribution in [0.3, 0.4) is 0 Å². The maximum atomic E-state index is 9.75. The first-order chi connectivity index (χ1) is 15.7. The summed E-state index contributed by atoms with van der Waals surface area (Å²) in [6.45, 7) is 0. The number of rotatable bonds is 5. The number of para-hydroxylation sites is 2. The molecule has 0 radical (unpaired) electrons. The van der Waals surface area contributed by atoms with Gasteiger partial charge >= 0.3 is 0 Å². The average molecular weight is 418 g/mol. The van der Waals surface area contributed by atoms with E-state index in [4.69, 9.17) is 9.47 Å². The van der Waals surface area contributed by atoms with Crippen molar-refractivity contribution in [3.8, 4) is 57.3 Å². The Balaban J connectivity index is 1.80. The molecule has 2 aromatic carbocycles. The Kier molecular flexibility index (Phi) is 5.78. The summed E-state index contributed by atoms with van der Waals surface area (Å²) in [5.41, 5.74) is 4.73. The van der Waals surface area contributed by atoms with E-state index >= 15 is 0 Å². The summed E-state index contributed by atoms with van der Waals surface area (Å²) in [5, 5.41) is 19.5. The van der Waals surface area contributed by atoms with Crippen molar-refractivity contribution in [2.45, 2.75) is 0 Å². The first kappa shape index (κ1) is 20.6. The fourth-order valence-electron chi connectivity index (χ4n) is 3.53. The zero-order chi connectivity index (χ0) is 22.5. The molecule has 4 rings (SSSR count). The summed E-state index contributed by atoms with van der Waals surface area (Å²) in [6, 6.07) is 22.8. The topological polar surface area (TPSA) is 91.8 Å². The van der Waals surface area contributed by atoms with Crippen LogP contribution in [0.2, 0.25) is 0 Å². The molecule has 0 fully saturated rings. The molecule has 4 aromatic rings. The van der Waals surface area contributed by atoms with Crippen LogP contribution in [0.1, 0.15) is 11.1 Å². The van der Waals surface area contributed by atoms with Gasteiger partial charge in [0.1, 0.15) is 23.6 Å². The lowest BCUT2D eigenvalue weighted by Gasteiger charge is -2.12. The SMILES string of the molecule is COc1ccccc1-c1ncc(-c2cnc(-c3ccccc3OC)c(C#N)c2)cc1C#N. The lowest BCUT2D eigenvalue weighted by atomic mass is 9.99. The third-order valence-electron chi connectivity index (χ3n) is 5.07. The van der Waals surface area contributed by atoms with Crippen LogP contribution < -0.4 is 9.47 Å². The summed E-state index contributed by atoms with van der Waals surface area (Å²) >= 11 is 0. The number of hydrogen-bond acceptors (Lipinski definition) is 6. The molecule has 2 heterocycles. The summed E-state index contributed by atoms with van der Waals surface area (Å²) in [6.07, 6.45) is 3.34. The Morgan fingerprint density at radius 2 is 1.06 bits per heavy atom. The highest BCUT2D eigenvalue weighted by Gasteiger charge is 2.16. The van der Waals surface area contributed by atoms with E-state index in [0.29, 0.717) is 45.1 Å². The maximum absolute atomic E-state index is 9.75. The van der Waals surface area contributed by atoms with Crippen molar-refractivity contribution in [2.24, 2.45) is 0 Å². The van der Waals surface area contributed by atoms with Crippen LogP contribution in [0.4, 0.5) is 0 Å². The van der Waals surface area contributed by atoms with Crippen LogP contribution in [0.5, 0.6) is 11.5 Å². The third kappa shape index (κ3) is 3.74. The van der Waals surface area contributed by atoms with Crippen molar-refractivity contribution in [3.05, 3.63) is 84.2 Å². The van der Waals surface area contributed by atoms with Gasteiger partial charge in [0.2, 0.25) is 0 Å². The predicted octanol–water partition coefficient (Wildman–Crippen LogP) is 5.24. The van der Waals surface area contributed by atoms with Gasteiger partial charge in [0.25, 0.3) is 0 Å². The van der Waals surface area contributed by atoms with E-state index in [1.165, 1.54) is 0 Å². The normalized spacial score (nSPS) is 10.1. The highest BCUT2D eigenvalue weighted by molar-refractivity contribution is 5.78. The molecule has 2 aromatic heterocycles. The van der Waals surface area contributed by atoms with Crippen molar-refractivity contribution >= 4 is 0 Å². The summed E-state index contributed by atoms with van der Waals surface area (Å²) in [4.78, 5) is 9.07. The molecule has 0 N–H and O–H groups in total. The van der Waals surface area contributed by atoms with Crippen molar-refractivity contribution in [1.82, 2.24) is 9.97 Å². The number of hydrogen-bond donors (Lipinski definition) is 0. The monoisotopic (exact) mass is 418 g/mol. The molecule has 0 bridgehead atoms. The zero-order valence-electron chi connectivity index (χ0n) is 17.5. The van der Waals surface area contributed by atoms with E-state index in [1.54, 1.807) is 38.7 Å². The number of aromatic nitrogens is 2. The highest BCUT2D eigenvalue weighted by Crippen LogP contribution is 2.34. The van der Waals surface area contributed by atoms with Gasteiger partial charge in [-0.3, -0.25) is 9.97 Å². The highest BCUT2D eigenvalue weighted by atomic mass is 16.5. The van der Waals surface area contributed by atoms with Crippen LogP contribution in [0.15, 0.2) is 73.1 Å². The van der Waals surface area contributed by atoms with Gasteiger partial charge in [0, 0.05) is 34.6 Å². The zero-order valence-corrected chi connectivity index (χ0v) is 17.5. The molecule has 0 aliphatic rings. The van der Waals surface area contributed by atoms with Gasteiger partial charge < -0.3 is 9.47 Å². The molecule has 32 heavy (non-hydrogen) atoms. The van der Waals surface area contributed by atoms with Crippen molar-refractivity contribution in [2.75, 3.05) is 14.2 Å². The fourth-order valence-corrected chi connectivity index (χ4v) is 3.53. The summed E-state index contributed by atoms with van der Waals surface area (Å²) in [5.74, 6) is 1.28. The Labute approximate surface area is 186 Å². The Morgan fingerprint density at radius 1 is 0.656 bits per heavy atom. The predicted molar refractivity (Wildman–Crippen MR) is 121 cm³/mol. The van der Waals surface area contributed by atoms with Crippen molar-refractivity contribution in [1.29, 1.82) is 10.5 Å². The molecule has 0 aliphatic carbocycles. The van der Waals surface area contributed by atoms with Crippen LogP contribution in [-0.2, 0) is 0 Å². The second-order valence-corrected chi connectivity index (χ2v) is 6.86. The number of methoxy groups -OCH3 is 2. The first-order valence-corrected chi connectivity index (χ1v) is 9.77. The molecule has 0 aliphatic heterocycles. The minimum atomic E-state index is 0.402. The minimum Gasteiger partial charge on any atom is -0.496 e.